The summed E-state index contributed by atoms with van der Waals surface area (Å²) in [7, 11) is 1.64. The highest BCUT2D eigenvalue weighted by atomic mass is 19.2. The summed E-state index contributed by atoms with van der Waals surface area (Å²) < 4.78 is 31.4. The van der Waals surface area contributed by atoms with Crippen LogP contribution in [-0.4, -0.2) is 37.1 Å². The molecule has 0 radical (unpaired) electrons. The summed E-state index contributed by atoms with van der Waals surface area (Å²) in [6.07, 6.45) is 1.46. The van der Waals surface area contributed by atoms with Crippen LogP contribution in [0.25, 0.3) is 0 Å². The van der Waals surface area contributed by atoms with Crippen molar-refractivity contribution in [2.45, 2.75) is 18.9 Å². The number of hydrogen-bond acceptors (Lipinski definition) is 3. The molecule has 1 amide bonds. The number of nitrogen functional groups attached to an aromatic ring is 1. The van der Waals surface area contributed by atoms with Gasteiger partial charge in [-0.3, -0.25) is 4.79 Å². The maximum atomic E-state index is 13.2. The van der Waals surface area contributed by atoms with Crippen LogP contribution in [0.15, 0.2) is 12.1 Å². The Balaban J connectivity index is 2.21. The minimum absolute atomic E-state index is 0.00658. The highest BCUT2D eigenvalue weighted by molar-refractivity contribution is 5.99. The first-order valence-corrected chi connectivity index (χ1v) is 6.10. The lowest BCUT2D eigenvalue weighted by atomic mass is 10.1. The van der Waals surface area contributed by atoms with Gasteiger partial charge in [0.25, 0.3) is 5.91 Å². The van der Waals surface area contributed by atoms with Gasteiger partial charge in [0.2, 0.25) is 0 Å². The zero-order valence-corrected chi connectivity index (χ0v) is 10.7. The van der Waals surface area contributed by atoms with Gasteiger partial charge in [-0.05, 0) is 18.9 Å². The molecule has 1 aliphatic rings. The van der Waals surface area contributed by atoms with E-state index in [1.54, 1.807) is 7.05 Å². The first-order chi connectivity index (χ1) is 9.00. The van der Waals surface area contributed by atoms with Crippen molar-refractivity contribution in [1.82, 2.24) is 4.90 Å². The molecule has 1 aromatic carbocycles. The van der Waals surface area contributed by atoms with Crippen LogP contribution in [-0.2, 0) is 4.74 Å². The van der Waals surface area contributed by atoms with Crippen molar-refractivity contribution < 1.29 is 18.3 Å². The number of amides is 1. The predicted molar refractivity (Wildman–Crippen MR) is 66.7 cm³/mol. The van der Waals surface area contributed by atoms with Gasteiger partial charge in [-0.15, -0.1) is 0 Å². The molecule has 0 unspecified atom stereocenters. The number of rotatable bonds is 2. The smallest absolute Gasteiger partial charge is 0.256 e. The molecule has 0 aromatic heterocycles. The zero-order valence-electron chi connectivity index (χ0n) is 10.7. The van der Waals surface area contributed by atoms with E-state index < -0.39 is 17.5 Å². The number of carbonyl (C=O) groups is 1. The van der Waals surface area contributed by atoms with E-state index in [0.29, 0.717) is 13.2 Å². The molecule has 0 aliphatic carbocycles. The molecule has 104 valence electrons. The van der Waals surface area contributed by atoms with Crippen molar-refractivity contribution in [3.63, 3.8) is 0 Å². The molecule has 1 heterocycles. The van der Waals surface area contributed by atoms with E-state index in [0.717, 1.165) is 25.0 Å². The number of benzene rings is 1. The molecule has 2 N–H and O–H groups in total. The Bertz CT molecular complexity index is 488. The molecular weight excluding hydrogens is 254 g/mol. The Hall–Kier alpha value is -1.69. The van der Waals surface area contributed by atoms with Crippen LogP contribution in [0.5, 0.6) is 0 Å². The second-order valence-corrected chi connectivity index (χ2v) is 4.61. The number of anilines is 1. The summed E-state index contributed by atoms with van der Waals surface area (Å²) in [6, 6.07) is 1.72. The molecule has 1 aliphatic heterocycles. The van der Waals surface area contributed by atoms with Gasteiger partial charge in [-0.25, -0.2) is 8.78 Å². The monoisotopic (exact) mass is 270 g/mol. The lowest BCUT2D eigenvalue weighted by Crippen LogP contribution is -2.40. The average molecular weight is 270 g/mol. The van der Waals surface area contributed by atoms with E-state index in [-0.39, 0.29) is 17.3 Å². The van der Waals surface area contributed by atoms with Crippen molar-refractivity contribution in [2.75, 3.05) is 26.0 Å². The fourth-order valence-electron chi connectivity index (χ4n) is 2.18. The van der Waals surface area contributed by atoms with E-state index in [4.69, 9.17) is 10.5 Å². The third-order valence-electron chi connectivity index (χ3n) is 3.38. The number of halogens is 2. The topological polar surface area (TPSA) is 55.6 Å². The summed E-state index contributed by atoms with van der Waals surface area (Å²) >= 11 is 0. The van der Waals surface area contributed by atoms with Crippen LogP contribution < -0.4 is 5.73 Å². The number of carbonyl (C=O) groups excluding carboxylic acids is 1. The van der Waals surface area contributed by atoms with Crippen molar-refractivity contribution >= 4 is 11.6 Å². The Morgan fingerprint density at radius 3 is 2.53 bits per heavy atom. The molecule has 4 nitrogen and oxygen atoms in total. The lowest BCUT2D eigenvalue weighted by Gasteiger charge is -2.31. The molecule has 1 aromatic rings. The van der Waals surface area contributed by atoms with Gasteiger partial charge in [0.05, 0.1) is 5.56 Å². The Kier molecular flexibility index (Phi) is 3.99. The minimum Gasteiger partial charge on any atom is -0.398 e. The van der Waals surface area contributed by atoms with Crippen LogP contribution in [0.1, 0.15) is 23.2 Å². The summed E-state index contributed by atoms with van der Waals surface area (Å²) in [6.45, 7) is 1.19. The van der Waals surface area contributed by atoms with E-state index in [1.807, 2.05) is 0 Å². The lowest BCUT2D eigenvalue weighted by molar-refractivity contribution is 0.0362. The van der Waals surface area contributed by atoms with Crippen LogP contribution >= 0.6 is 0 Å². The van der Waals surface area contributed by atoms with Crippen molar-refractivity contribution in [3.05, 3.63) is 29.3 Å². The van der Waals surface area contributed by atoms with Gasteiger partial charge < -0.3 is 15.4 Å². The van der Waals surface area contributed by atoms with Crippen LogP contribution in [0.3, 0.4) is 0 Å². The maximum Gasteiger partial charge on any atom is 0.256 e. The molecule has 0 atom stereocenters. The fraction of sp³-hybridized carbons (Fsp3) is 0.462. The quantitative estimate of drug-likeness (QED) is 0.834. The number of nitrogens with zero attached hydrogens (tertiary/aromatic N) is 1. The highest BCUT2D eigenvalue weighted by Crippen LogP contribution is 2.21. The molecule has 0 saturated carbocycles. The summed E-state index contributed by atoms with van der Waals surface area (Å²) in [5.74, 6) is -2.52. The summed E-state index contributed by atoms with van der Waals surface area (Å²) in [5.41, 5.74) is 5.52. The fourth-order valence-corrected chi connectivity index (χ4v) is 2.18. The van der Waals surface area contributed by atoms with Gasteiger partial charge >= 0.3 is 0 Å². The molecule has 0 bridgehead atoms. The zero-order chi connectivity index (χ0) is 14.0. The summed E-state index contributed by atoms with van der Waals surface area (Å²) in [4.78, 5) is 13.8. The molecule has 1 saturated heterocycles. The van der Waals surface area contributed by atoms with Crippen LogP contribution in [0.4, 0.5) is 14.5 Å². The van der Waals surface area contributed by atoms with Gasteiger partial charge in [-0.2, -0.15) is 0 Å². The van der Waals surface area contributed by atoms with Crippen molar-refractivity contribution in [2.24, 2.45) is 0 Å². The Morgan fingerprint density at radius 2 is 1.89 bits per heavy atom. The minimum atomic E-state index is -1.07. The van der Waals surface area contributed by atoms with Crippen LogP contribution in [0.2, 0.25) is 0 Å². The third kappa shape index (κ3) is 2.84. The third-order valence-corrected chi connectivity index (χ3v) is 3.38. The van der Waals surface area contributed by atoms with Crippen molar-refractivity contribution in [1.29, 1.82) is 0 Å². The number of nitrogens with two attached hydrogens (primary N) is 1. The number of ether oxygens (including phenoxy) is 1. The van der Waals surface area contributed by atoms with Gasteiger partial charge in [0.1, 0.15) is 0 Å². The second kappa shape index (κ2) is 5.52. The number of hydrogen-bond donors (Lipinski definition) is 1. The molecule has 0 spiro atoms. The van der Waals surface area contributed by atoms with Gasteiger partial charge in [-0.1, -0.05) is 0 Å². The van der Waals surface area contributed by atoms with E-state index in [9.17, 15) is 13.6 Å². The molecule has 6 heteroatoms. The average Bonchev–Trinajstić information content (AvgIpc) is 2.42. The molecule has 19 heavy (non-hydrogen) atoms. The van der Waals surface area contributed by atoms with Gasteiger partial charge in [0.15, 0.2) is 11.6 Å². The van der Waals surface area contributed by atoms with E-state index in [2.05, 4.69) is 0 Å². The van der Waals surface area contributed by atoms with E-state index in [1.165, 1.54) is 4.90 Å². The Morgan fingerprint density at radius 1 is 1.32 bits per heavy atom. The highest BCUT2D eigenvalue weighted by Gasteiger charge is 2.25. The largest absolute Gasteiger partial charge is 0.398 e. The molecule has 1 fully saturated rings. The molecular formula is C13H16F2N2O2. The molecule has 2 rings (SSSR count). The van der Waals surface area contributed by atoms with Gasteiger partial charge in [0, 0.05) is 38.1 Å². The van der Waals surface area contributed by atoms with E-state index >= 15 is 0 Å². The normalized spacial score (nSPS) is 16.4. The Labute approximate surface area is 110 Å². The maximum absolute atomic E-state index is 13.2. The standard InChI is InChI=1S/C13H16F2N2O2/c1-17(8-2-4-19-5-3-8)13(18)9-6-10(14)11(15)7-12(9)16/h6-8H,2-5,16H2,1H3. The van der Waals surface area contributed by atoms with Crippen LogP contribution in [0, 0.1) is 11.6 Å². The predicted octanol–water partition coefficient (Wildman–Crippen LogP) is 1.80. The summed E-state index contributed by atoms with van der Waals surface area (Å²) in [5, 5.41) is 0. The first-order valence-electron chi connectivity index (χ1n) is 6.10. The second-order valence-electron chi connectivity index (χ2n) is 4.61. The SMILES string of the molecule is CN(C(=O)c1cc(F)c(F)cc1N)C1CCOCC1. The van der Waals surface area contributed by atoms with Crippen molar-refractivity contribution in [3.8, 4) is 0 Å². The first kappa shape index (κ1) is 13.7.